The quantitative estimate of drug-likeness (QED) is 0.588. The average molecular weight is 494 g/mol. The number of amides is 2. The zero-order chi connectivity index (χ0) is 22.7. The van der Waals surface area contributed by atoms with Crippen LogP contribution in [-0.4, -0.2) is 59.3 Å². The standard InChI is InChI=1S/C22H24ClN3O4S2/c23-17-8-6-16(7-9-17)21(27)26-14-2-1-5-19(22(26)28)31-20-11-10-18(15-24-20)32(29,30)25-12-3-4-13-25/h6-11,15,19H,1-5,12-14H2/t19-/m0/s1. The molecule has 4 rings (SSSR count). The second-order valence-corrected chi connectivity index (χ2v) is 11.4. The maximum atomic E-state index is 13.2. The van der Waals surface area contributed by atoms with Gasteiger partial charge >= 0.3 is 0 Å². The Bertz CT molecular complexity index is 1090. The van der Waals surface area contributed by atoms with Gasteiger partial charge in [0.15, 0.2) is 0 Å². The molecular formula is C22H24ClN3O4S2. The van der Waals surface area contributed by atoms with Crippen molar-refractivity contribution in [3.63, 3.8) is 0 Å². The van der Waals surface area contributed by atoms with Gasteiger partial charge in [-0.2, -0.15) is 4.31 Å². The molecule has 2 aliphatic heterocycles. The molecule has 0 bridgehead atoms. The summed E-state index contributed by atoms with van der Waals surface area (Å²) in [6, 6.07) is 9.67. The van der Waals surface area contributed by atoms with Crippen molar-refractivity contribution >= 4 is 45.2 Å². The lowest BCUT2D eigenvalue weighted by Gasteiger charge is -2.22. The Morgan fingerprint density at radius 2 is 1.69 bits per heavy atom. The Morgan fingerprint density at radius 1 is 1.00 bits per heavy atom. The molecule has 32 heavy (non-hydrogen) atoms. The van der Waals surface area contributed by atoms with Crippen LogP contribution in [0, 0.1) is 0 Å². The number of imide groups is 1. The van der Waals surface area contributed by atoms with Gasteiger partial charge in [-0.1, -0.05) is 29.8 Å². The van der Waals surface area contributed by atoms with Crippen LogP contribution >= 0.6 is 23.4 Å². The highest BCUT2D eigenvalue weighted by Gasteiger charge is 2.33. The summed E-state index contributed by atoms with van der Waals surface area (Å²) in [5.74, 6) is -0.581. The Hall–Kier alpha value is -1.94. The Balaban J connectivity index is 1.47. The first-order valence-electron chi connectivity index (χ1n) is 10.6. The third-order valence-electron chi connectivity index (χ3n) is 5.65. The smallest absolute Gasteiger partial charge is 0.260 e. The number of likely N-dealkylation sites (tertiary alicyclic amines) is 1. The normalized spacial score (nSPS) is 20.3. The second-order valence-electron chi connectivity index (χ2n) is 7.85. The van der Waals surface area contributed by atoms with Crippen LogP contribution < -0.4 is 0 Å². The van der Waals surface area contributed by atoms with E-state index in [-0.39, 0.29) is 16.7 Å². The minimum atomic E-state index is -3.53. The highest BCUT2D eigenvalue weighted by atomic mass is 35.5. The van der Waals surface area contributed by atoms with E-state index in [0.717, 1.165) is 25.7 Å². The second kappa shape index (κ2) is 9.91. The van der Waals surface area contributed by atoms with Crippen LogP contribution in [0.2, 0.25) is 5.02 Å². The topological polar surface area (TPSA) is 87.7 Å². The summed E-state index contributed by atoms with van der Waals surface area (Å²) in [5, 5.41) is 0.630. The summed E-state index contributed by atoms with van der Waals surface area (Å²) in [5.41, 5.74) is 0.419. The summed E-state index contributed by atoms with van der Waals surface area (Å²) >= 11 is 7.18. The fourth-order valence-electron chi connectivity index (χ4n) is 3.88. The first kappa shape index (κ1) is 23.2. The number of pyridine rings is 1. The number of benzene rings is 1. The van der Waals surface area contributed by atoms with Crippen LogP contribution in [0.15, 0.2) is 52.5 Å². The van der Waals surface area contributed by atoms with Crippen LogP contribution in [0.25, 0.3) is 0 Å². The highest BCUT2D eigenvalue weighted by molar-refractivity contribution is 8.00. The molecule has 1 atom stereocenters. The van der Waals surface area contributed by atoms with Crippen molar-refractivity contribution in [2.75, 3.05) is 19.6 Å². The molecule has 0 unspecified atom stereocenters. The number of hydrogen-bond acceptors (Lipinski definition) is 6. The van der Waals surface area contributed by atoms with E-state index in [4.69, 9.17) is 11.6 Å². The molecule has 0 radical (unpaired) electrons. The van der Waals surface area contributed by atoms with E-state index >= 15 is 0 Å². The molecule has 2 aliphatic rings. The molecular weight excluding hydrogens is 470 g/mol. The molecule has 7 nitrogen and oxygen atoms in total. The lowest BCUT2D eigenvalue weighted by atomic mass is 10.2. The SMILES string of the molecule is O=C(c1ccc(Cl)cc1)N1CCCC[C@H](Sc2ccc(S(=O)(=O)N3CCCC3)cn2)C1=O. The van der Waals surface area contributed by atoms with Crippen LogP contribution in [-0.2, 0) is 14.8 Å². The van der Waals surface area contributed by atoms with Crippen molar-refractivity contribution in [2.45, 2.75) is 47.3 Å². The number of carbonyl (C=O) groups is 2. The summed E-state index contributed by atoms with van der Waals surface area (Å²) in [6.07, 6.45) is 5.28. The maximum Gasteiger partial charge on any atom is 0.260 e. The van der Waals surface area contributed by atoms with Crippen molar-refractivity contribution < 1.29 is 18.0 Å². The molecule has 0 saturated carbocycles. The van der Waals surface area contributed by atoms with Gasteiger partial charge in [-0.15, -0.1) is 0 Å². The number of thioether (sulfide) groups is 1. The number of sulfonamides is 1. The number of rotatable bonds is 5. The molecule has 2 saturated heterocycles. The van der Waals surface area contributed by atoms with Gasteiger partial charge in [-0.25, -0.2) is 13.4 Å². The average Bonchev–Trinajstić information content (AvgIpc) is 3.28. The third-order valence-corrected chi connectivity index (χ3v) is 8.99. The largest absolute Gasteiger partial charge is 0.278 e. The van der Waals surface area contributed by atoms with Crippen molar-refractivity contribution in [1.29, 1.82) is 0 Å². The molecule has 2 aromatic rings. The molecule has 10 heteroatoms. The van der Waals surface area contributed by atoms with E-state index in [1.807, 2.05) is 0 Å². The number of carbonyl (C=O) groups excluding carboxylic acids is 2. The number of nitrogens with zero attached hydrogens (tertiary/aromatic N) is 3. The molecule has 0 aliphatic carbocycles. The molecule has 3 heterocycles. The summed E-state index contributed by atoms with van der Waals surface area (Å²) in [6.45, 7) is 1.44. The van der Waals surface area contributed by atoms with Gasteiger partial charge in [-0.05, 0) is 62.1 Å². The van der Waals surface area contributed by atoms with Gasteiger partial charge in [-0.3, -0.25) is 14.5 Å². The molecule has 2 amide bonds. The lowest BCUT2D eigenvalue weighted by molar-refractivity contribution is -0.127. The Morgan fingerprint density at radius 3 is 2.34 bits per heavy atom. The zero-order valence-electron chi connectivity index (χ0n) is 17.4. The van der Waals surface area contributed by atoms with Crippen molar-refractivity contribution in [2.24, 2.45) is 0 Å². The minimum Gasteiger partial charge on any atom is -0.278 e. The monoisotopic (exact) mass is 493 g/mol. The molecule has 0 N–H and O–H groups in total. The van der Waals surface area contributed by atoms with Gasteiger partial charge in [0.05, 0.1) is 10.3 Å². The van der Waals surface area contributed by atoms with Gasteiger partial charge < -0.3 is 0 Å². The fraction of sp³-hybridized carbons (Fsp3) is 0.409. The number of hydrogen-bond donors (Lipinski definition) is 0. The van der Waals surface area contributed by atoms with Crippen molar-refractivity contribution in [3.8, 4) is 0 Å². The predicted octanol–water partition coefficient (Wildman–Crippen LogP) is 3.83. The molecule has 1 aromatic heterocycles. The molecule has 1 aromatic carbocycles. The van der Waals surface area contributed by atoms with Crippen LogP contribution in [0.3, 0.4) is 0 Å². The van der Waals surface area contributed by atoms with Gasteiger partial charge in [0.2, 0.25) is 15.9 Å². The van der Waals surface area contributed by atoms with Crippen molar-refractivity contribution in [3.05, 3.63) is 53.2 Å². The Labute approximate surface area is 197 Å². The summed E-state index contributed by atoms with van der Waals surface area (Å²) in [7, 11) is -3.53. The van der Waals surface area contributed by atoms with Crippen LogP contribution in [0.5, 0.6) is 0 Å². The molecule has 0 spiro atoms. The van der Waals surface area contributed by atoms with E-state index in [1.54, 1.807) is 36.4 Å². The molecule has 2 fully saturated rings. The summed E-state index contributed by atoms with van der Waals surface area (Å²) < 4.78 is 26.8. The first-order valence-corrected chi connectivity index (χ1v) is 13.3. The number of halogens is 1. The third kappa shape index (κ3) is 5.01. The van der Waals surface area contributed by atoms with E-state index < -0.39 is 15.3 Å². The Kier molecular flexibility index (Phi) is 7.19. The van der Waals surface area contributed by atoms with E-state index in [1.165, 1.54) is 27.2 Å². The van der Waals surface area contributed by atoms with Gasteiger partial charge in [0.25, 0.3) is 5.91 Å². The lowest BCUT2D eigenvalue weighted by Crippen LogP contribution is -2.41. The summed E-state index contributed by atoms with van der Waals surface area (Å²) in [4.78, 5) is 31.8. The predicted molar refractivity (Wildman–Crippen MR) is 123 cm³/mol. The van der Waals surface area contributed by atoms with E-state index in [9.17, 15) is 18.0 Å². The van der Waals surface area contributed by atoms with E-state index in [2.05, 4.69) is 4.98 Å². The minimum absolute atomic E-state index is 0.162. The van der Waals surface area contributed by atoms with Gasteiger partial charge in [0.1, 0.15) is 4.90 Å². The number of aromatic nitrogens is 1. The highest BCUT2D eigenvalue weighted by Crippen LogP contribution is 2.30. The fourth-order valence-corrected chi connectivity index (χ4v) is 6.53. The zero-order valence-corrected chi connectivity index (χ0v) is 19.8. The van der Waals surface area contributed by atoms with Gasteiger partial charge in [0, 0.05) is 36.4 Å². The molecule has 170 valence electrons. The maximum absolute atomic E-state index is 13.2. The van der Waals surface area contributed by atoms with Crippen molar-refractivity contribution in [1.82, 2.24) is 14.2 Å². The van der Waals surface area contributed by atoms with Crippen LogP contribution in [0.4, 0.5) is 0 Å². The first-order chi connectivity index (χ1) is 15.4. The van der Waals surface area contributed by atoms with E-state index in [0.29, 0.717) is 41.7 Å². The van der Waals surface area contributed by atoms with Crippen LogP contribution in [0.1, 0.15) is 42.5 Å².